The predicted octanol–water partition coefficient (Wildman–Crippen LogP) is 4.70. The van der Waals surface area contributed by atoms with Gasteiger partial charge >= 0.3 is 6.03 Å². The van der Waals surface area contributed by atoms with Gasteiger partial charge in [-0.1, -0.05) is 67.8 Å². The van der Waals surface area contributed by atoms with Crippen molar-refractivity contribution in [2.75, 3.05) is 6.54 Å². The van der Waals surface area contributed by atoms with Gasteiger partial charge in [0, 0.05) is 5.56 Å². The molecule has 2 fully saturated rings. The van der Waals surface area contributed by atoms with Crippen LogP contribution in [0.5, 0.6) is 0 Å². The molecule has 0 bridgehead atoms. The number of hydrogen-bond donors (Lipinski definition) is 1. The Balaban J connectivity index is 1.33. The van der Waals surface area contributed by atoms with Crippen LogP contribution in [0.2, 0.25) is 0 Å². The number of hydrogen-bond acceptors (Lipinski definition) is 3. The third kappa shape index (κ3) is 3.46. The van der Waals surface area contributed by atoms with E-state index in [-0.39, 0.29) is 18.2 Å². The lowest BCUT2D eigenvalue weighted by Crippen LogP contribution is -2.46. The second-order valence-electron chi connectivity index (χ2n) is 9.12. The molecule has 2 aromatic carbocycles. The Morgan fingerprint density at radius 3 is 2.48 bits per heavy atom. The van der Waals surface area contributed by atoms with Crippen LogP contribution in [-0.2, 0) is 16.8 Å². The molecule has 1 unspecified atom stereocenters. The quantitative estimate of drug-likeness (QED) is 0.580. The molecule has 1 spiro atoms. The first-order valence-corrected chi connectivity index (χ1v) is 11.4. The van der Waals surface area contributed by atoms with E-state index in [9.17, 15) is 14.4 Å². The van der Waals surface area contributed by atoms with E-state index >= 15 is 0 Å². The van der Waals surface area contributed by atoms with Crippen LogP contribution in [0.1, 0.15) is 77.9 Å². The van der Waals surface area contributed by atoms with Crippen molar-refractivity contribution in [2.45, 2.75) is 62.8 Å². The highest BCUT2D eigenvalue weighted by atomic mass is 16.2. The molecule has 31 heavy (non-hydrogen) atoms. The number of imide groups is 1. The highest BCUT2D eigenvalue weighted by Gasteiger charge is 2.54. The van der Waals surface area contributed by atoms with Gasteiger partial charge in [-0.2, -0.15) is 0 Å². The topological polar surface area (TPSA) is 66.5 Å². The first kappa shape index (κ1) is 20.0. The van der Waals surface area contributed by atoms with Crippen LogP contribution in [0.15, 0.2) is 48.5 Å². The lowest BCUT2D eigenvalue weighted by atomic mass is 9.76. The Morgan fingerprint density at radius 1 is 0.968 bits per heavy atom. The number of rotatable bonds is 4. The molecular weight excluding hydrogens is 388 g/mol. The van der Waals surface area contributed by atoms with Gasteiger partial charge in [0.25, 0.3) is 5.91 Å². The van der Waals surface area contributed by atoms with Gasteiger partial charge in [-0.15, -0.1) is 0 Å². The molecule has 160 valence electrons. The van der Waals surface area contributed by atoms with Crippen molar-refractivity contribution in [2.24, 2.45) is 0 Å². The van der Waals surface area contributed by atoms with Gasteiger partial charge in [-0.05, 0) is 54.7 Å². The summed E-state index contributed by atoms with van der Waals surface area (Å²) in [6.07, 6.45) is 8.55. The van der Waals surface area contributed by atoms with E-state index < -0.39 is 11.6 Å². The van der Waals surface area contributed by atoms with Gasteiger partial charge in [-0.25, -0.2) is 4.79 Å². The van der Waals surface area contributed by atoms with Crippen LogP contribution >= 0.6 is 0 Å². The molecule has 3 amide bonds. The highest BCUT2D eigenvalue weighted by molar-refractivity contribution is 6.11. The van der Waals surface area contributed by atoms with Crippen LogP contribution in [0.4, 0.5) is 4.79 Å². The SMILES string of the molecule is O=C(CN1C(=O)NC2(CCCc3ccccc32)C1=O)c1ccc(C2CCCCC2)cc1. The fourth-order valence-electron chi connectivity index (χ4n) is 5.57. The number of urea groups is 1. The smallest absolute Gasteiger partial charge is 0.319 e. The number of Topliss-reactive ketones (excluding diaryl/α,β-unsaturated/α-hetero) is 1. The molecule has 5 rings (SSSR count). The lowest BCUT2D eigenvalue weighted by Gasteiger charge is -2.33. The monoisotopic (exact) mass is 416 g/mol. The first-order chi connectivity index (χ1) is 15.1. The minimum absolute atomic E-state index is 0.208. The van der Waals surface area contributed by atoms with Crippen molar-refractivity contribution in [3.05, 3.63) is 70.8 Å². The van der Waals surface area contributed by atoms with Crippen molar-refractivity contribution in [3.63, 3.8) is 0 Å². The summed E-state index contributed by atoms with van der Waals surface area (Å²) in [6.45, 7) is -0.225. The Morgan fingerprint density at radius 2 is 1.71 bits per heavy atom. The zero-order valence-electron chi connectivity index (χ0n) is 17.7. The molecular formula is C26H28N2O3. The molecule has 1 heterocycles. The van der Waals surface area contributed by atoms with E-state index in [2.05, 4.69) is 5.32 Å². The highest BCUT2D eigenvalue weighted by Crippen LogP contribution is 2.40. The Labute approximate surface area is 182 Å². The van der Waals surface area contributed by atoms with E-state index in [1.807, 2.05) is 48.5 Å². The third-order valence-electron chi connectivity index (χ3n) is 7.26. The van der Waals surface area contributed by atoms with Crippen LogP contribution in [0.25, 0.3) is 0 Å². The molecule has 1 N–H and O–H groups in total. The van der Waals surface area contributed by atoms with Crippen molar-refractivity contribution < 1.29 is 14.4 Å². The van der Waals surface area contributed by atoms with Gasteiger partial charge in [0.1, 0.15) is 5.54 Å². The van der Waals surface area contributed by atoms with Gasteiger partial charge in [-0.3, -0.25) is 14.5 Å². The normalized spacial score (nSPS) is 23.7. The second-order valence-corrected chi connectivity index (χ2v) is 9.12. The molecule has 1 aliphatic heterocycles. The van der Waals surface area contributed by atoms with Crippen LogP contribution < -0.4 is 5.32 Å². The molecule has 3 aliphatic rings. The standard InChI is InChI=1S/C26H28N2O3/c29-23(21-14-12-19(13-15-21)18-7-2-1-3-8-18)17-28-24(30)26(27-25(28)31)16-6-10-20-9-4-5-11-22(20)26/h4-5,9,11-15,18H,1-3,6-8,10,16-17H2,(H,27,31). The molecule has 2 aromatic rings. The number of fused-ring (bicyclic) bond motifs is 2. The minimum Gasteiger partial charge on any atom is -0.319 e. The number of benzene rings is 2. The van der Waals surface area contributed by atoms with Crippen molar-refractivity contribution in [1.82, 2.24) is 10.2 Å². The van der Waals surface area contributed by atoms with E-state index in [1.54, 1.807) is 0 Å². The molecule has 1 saturated carbocycles. The Hall–Kier alpha value is -2.95. The third-order valence-corrected chi connectivity index (χ3v) is 7.26. The minimum atomic E-state index is -1.03. The summed E-state index contributed by atoms with van der Waals surface area (Å²) in [5.74, 6) is 0.0618. The van der Waals surface area contributed by atoms with Crippen LogP contribution in [-0.4, -0.2) is 29.2 Å². The van der Waals surface area contributed by atoms with Crippen LogP contribution in [0.3, 0.4) is 0 Å². The molecule has 5 heteroatoms. The summed E-state index contributed by atoms with van der Waals surface area (Å²) in [5.41, 5.74) is 2.76. The predicted molar refractivity (Wildman–Crippen MR) is 118 cm³/mol. The number of amides is 3. The Kier molecular flexibility index (Phi) is 5.12. The number of nitrogens with zero attached hydrogens (tertiary/aromatic N) is 1. The lowest BCUT2D eigenvalue weighted by molar-refractivity contribution is -0.131. The number of aryl methyl sites for hydroxylation is 1. The number of nitrogens with one attached hydrogen (secondary N) is 1. The molecule has 5 nitrogen and oxygen atoms in total. The van der Waals surface area contributed by atoms with E-state index in [1.165, 1.54) is 37.7 Å². The van der Waals surface area contributed by atoms with Crippen molar-refractivity contribution >= 4 is 17.7 Å². The second kappa shape index (κ2) is 7.95. The average molecular weight is 417 g/mol. The molecule has 2 aliphatic carbocycles. The maximum absolute atomic E-state index is 13.4. The summed E-state index contributed by atoms with van der Waals surface area (Å²) in [4.78, 5) is 40.1. The molecule has 0 aromatic heterocycles. The maximum atomic E-state index is 13.4. The van der Waals surface area contributed by atoms with E-state index in [0.717, 1.165) is 28.9 Å². The average Bonchev–Trinajstić information content (AvgIpc) is 3.04. The fourth-order valence-corrected chi connectivity index (χ4v) is 5.57. The molecule has 1 atom stereocenters. The van der Waals surface area contributed by atoms with Gasteiger partial charge in [0.2, 0.25) is 0 Å². The van der Waals surface area contributed by atoms with Gasteiger partial charge in [0.15, 0.2) is 5.78 Å². The summed E-state index contributed by atoms with van der Waals surface area (Å²) in [6, 6.07) is 15.1. The summed E-state index contributed by atoms with van der Waals surface area (Å²) in [7, 11) is 0. The van der Waals surface area contributed by atoms with E-state index in [4.69, 9.17) is 0 Å². The fraction of sp³-hybridized carbons (Fsp3) is 0.423. The zero-order valence-corrected chi connectivity index (χ0v) is 17.7. The first-order valence-electron chi connectivity index (χ1n) is 11.4. The molecule has 1 saturated heterocycles. The Bertz CT molecular complexity index is 1020. The zero-order chi connectivity index (χ0) is 21.4. The summed E-state index contributed by atoms with van der Waals surface area (Å²) in [5, 5.41) is 2.92. The number of ketones is 1. The van der Waals surface area contributed by atoms with Crippen molar-refractivity contribution in [1.29, 1.82) is 0 Å². The summed E-state index contributed by atoms with van der Waals surface area (Å²) < 4.78 is 0. The van der Waals surface area contributed by atoms with E-state index in [0.29, 0.717) is 17.9 Å². The largest absolute Gasteiger partial charge is 0.325 e. The van der Waals surface area contributed by atoms with Crippen molar-refractivity contribution in [3.8, 4) is 0 Å². The maximum Gasteiger partial charge on any atom is 0.325 e. The van der Waals surface area contributed by atoms with Gasteiger partial charge < -0.3 is 5.32 Å². The number of carbonyl (C=O) groups is 3. The van der Waals surface area contributed by atoms with Gasteiger partial charge in [0.05, 0.1) is 6.54 Å². The van der Waals surface area contributed by atoms with Crippen LogP contribution in [0, 0.1) is 0 Å². The number of carbonyl (C=O) groups excluding carboxylic acids is 3. The summed E-state index contributed by atoms with van der Waals surface area (Å²) >= 11 is 0. The molecule has 0 radical (unpaired) electrons.